The first kappa shape index (κ1) is 19.1. The number of hydrogen-bond donors (Lipinski definition) is 1. The minimum Gasteiger partial charge on any atom is -0.478 e. The van der Waals surface area contributed by atoms with Crippen LogP contribution in [0.15, 0.2) is 54.6 Å². The Morgan fingerprint density at radius 3 is 2.00 bits per heavy atom. The van der Waals surface area contributed by atoms with Crippen LogP contribution in [0.5, 0.6) is 0 Å². The Balaban J connectivity index is 2.71. The molecule has 0 saturated heterocycles. The molecule has 0 aliphatic rings. The van der Waals surface area contributed by atoms with Crippen LogP contribution < -0.4 is 0 Å². The summed E-state index contributed by atoms with van der Waals surface area (Å²) in [6.07, 6.45) is 1.66. The van der Waals surface area contributed by atoms with E-state index in [1.165, 1.54) is 6.07 Å². The van der Waals surface area contributed by atoms with E-state index in [2.05, 4.69) is 0 Å². The average Bonchev–Trinajstić information content (AvgIpc) is 2.61. The lowest BCUT2D eigenvalue weighted by atomic mass is 10.1. The van der Waals surface area contributed by atoms with Gasteiger partial charge in [0.2, 0.25) is 0 Å². The van der Waals surface area contributed by atoms with E-state index in [9.17, 15) is 14.5 Å². The molecule has 2 aromatic rings. The predicted octanol–water partition coefficient (Wildman–Crippen LogP) is 5.15. The predicted molar refractivity (Wildman–Crippen MR) is 98.6 cm³/mol. The second-order valence-electron chi connectivity index (χ2n) is 5.12. The van der Waals surface area contributed by atoms with Gasteiger partial charge in [0.25, 0.3) is 0 Å². The van der Waals surface area contributed by atoms with Gasteiger partial charge in [-0.05, 0) is 31.6 Å². The molecule has 0 aliphatic carbocycles. The highest BCUT2D eigenvalue weighted by atomic mass is 31.2. The normalized spacial score (nSPS) is 12.2. The minimum absolute atomic E-state index is 0.0457. The number of aromatic carboxylic acids is 1. The van der Waals surface area contributed by atoms with Crippen LogP contribution in [0.3, 0.4) is 0 Å². The van der Waals surface area contributed by atoms with Gasteiger partial charge in [-0.25, -0.2) is 4.79 Å². The first-order valence-corrected chi connectivity index (χ1v) is 9.55. The summed E-state index contributed by atoms with van der Waals surface area (Å²) in [5, 5.41) is 9.74. The van der Waals surface area contributed by atoms with Gasteiger partial charge in [-0.1, -0.05) is 48.5 Å². The van der Waals surface area contributed by atoms with Crippen molar-refractivity contribution in [3.8, 4) is 0 Å². The second kappa shape index (κ2) is 8.77. The topological polar surface area (TPSA) is 72.8 Å². The average molecular weight is 360 g/mol. The molecule has 2 rings (SSSR count). The smallest absolute Gasteiger partial charge is 0.361 e. The van der Waals surface area contributed by atoms with Crippen LogP contribution >= 0.6 is 7.60 Å². The van der Waals surface area contributed by atoms with Crippen molar-refractivity contribution in [2.75, 3.05) is 13.2 Å². The van der Waals surface area contributed by atoms with Crippen LogP contribution in [0.4, 0.5) is 0 Å². The molecule has 0 aromatic heterocycles. The lowest BCUT2D eigenvalue weighted by Crippen LogP contribution is -2.05. The van der Waals surface area contributed by atoms with E-state index in [0.717, 1.165) is 5.56 Å². The van der Waals surface area contributed by atoms with Crippen molar-refractivity contribution in [1.29, 1.82) is 0 Å². The SMILES string of the molecule is CCOP(=O)(OCC)/C(=C/c1ccccc1)c1ccccc1C(=O)O. The molecule has 2 aromatic carbocycles. The number of carboxylic acid groups (broad SMARTS) is 1. The van der Waals surface area contributed by atoms with Gasteiger partial charge in [0.15, 0.2) is 0 Å². The zero-order valence-electron chi connectivity index (χ0n) is 14.2. The van der Waals surface area contributed by atoms with Crippen molar-refractivity contribution < 1.29 is 23.5 Å². The third-order valence-corrected chi connectivity index (χ3v) is 5.59. The molecule has 0 spiro atoms. The summed E-state index contributed by atoms with van der Waals surface area (Å²) in [4.78, 5) is 11.6. The number of benzene rings is 2. The number of carbonyl (C=O) groups is 1. The highest BCUT2D eigenvalue weighted by Gasteiger charge is 2.33. The van der Waals surface area contributed by atoms with Crippen molar-refractivity contribution >= 4 is 25.0 Å². The van der Waals surface area contributed by atoms with Crippen molar-refractivity contribution in [2.45, 2.75) is 13.8 Å². The summed E-state index contributed by atoms with van der Waals surface area (Å²) in [6, 6.07) is 15.6. The molecule has 0 aliphatic heterocycles. The second-order valence-corrected chi connectivity index (χ2v) is 7.12. The quantitative estimate of drug-likeness (QED) is 0.521. The van der Waals surface area contributed by atoms with Crippen LogP contribution in [0, 0.1) is 0 Å². The fourth-order valence-electron chi connectivity index (χ4n) is 2.42. The van der Waals surface area contributed by atoms with Crippen LogP contribution in [-0.4, -0.2) is 24.3 Å². The molecule has 132 valence electrons. The first-order chi connectivity index (χ1) is 12.0. The molecule has 0 amide bonds. The summed E-state index contributed by atoms with van der Waals surface area (Å²) < 4.78 is 24.3. The van der Waals surface area contributed by atoms with Gasteiger partial charge >= 0.3 is 13.6 Å². The van der Waals surface area contributed by atoms with Gasteiger partial charge in [0.05, 0.1) is 24.1 Å². The molecule has 0 bridgehead atoms. The molecule has 0 radical (unpaired) electrons. The van der Waals surface area contributed by atoms with E-state index < -0.39 is 13.6 Å². The summed E-state index contributed by atoms with van der Waals surface area (Å²) >= 11 is 0. The summed E-state index contributed by atoms with van der Waals surface area (Å²) in [7, 11) is -3.69. The van der Waals surface area contributed by atoms with E-state index in [-0.39, 0.29) is 24.1 Å². The van der Waals surface area contributed by atoms with E-state index in [1.54, 1.807) is 38.1 Å². The molecule has 0 unspecified atom stereocenters. The van der Waals surface area contributed by atoms with Gasteiger partial charge in [-0.3, -0.25) is 4.57 Å². The van der Waals surface area contributed by atoms with Crippen LogP contribution in [0.1, 0.15) is 35.3 Å². The molecular formula is C19H21O5P. The fraction of sp³-hybridized carbons (Fsp3) is 0.211. The van der Waals surface area contributed by atoms with E-state index >= 15 is 0 Å². The summed E-state index contributed by atoms with van der Waals surface area (Å²) in [6.45, 7) is 3.79. The van der Waals surface area contributed by atoms with Crippen molar-refractivity contribution in [3.63, 3.8) is 0 Å². The van der Waals surface area contributed by atoms with Crippen LogP contribution in [0.2, 0.25) is 0 Å². The Bertz CT molecular complexity index is 788. The van der Waals surface area contributed by atoms with Gasteiger partial charge in [-0.2, -0.15) is 0 Å². The van der Waals surface area contributed by atoms with E-state index in [0.29, 0.717) is 5.56 Å². The lowest BCUT2D eigenvalue weighted by molar-refractivity contribution is 0.0696. The molecule has 0 saturated carbocycles. The van der Waals surface area contributed by atoms with Crippen molar-refractivity contribution in [1.82, 2.24) is 0 Å². The molecule has 1 N–H and O–H groups in total. The fourth-order valence-corrected chi connectivity index (χ4v) is 4.25. The first-order valence-electron chi connectivity index (χ1n) is 8.01. The standard InChI is InChI=1S/C19H21O5P/c1-3-23-25(22,24-4-2)18(14-15-10-6-5-7-11-15)16-12-8-9-13-17(16)19(20)21/h5-14H,3-4H2,1-2H3,(H,20,21)/b18-14+. The lowest BCUT2D eigenvalue weighted by Gasteiger charge is -2.21. The molecule has 0 fully saturated rings. The Morgan fingerprint density at radius 1 is 0.960 bits per heavy atom. The molecule has 0 heterocycles. The van der Waals surface area contributed by atoms with E-state index in [4.69, 9.17) is 9.05 Å². The zero-order chi connectivity index (χ0) is 18.3. The van der Waals surface area contributed by atoms with Crippen molar-refractivity contribution in [2.24, 2.45) is 0 Å². The van der Waals surface area contributed by atoms with Gasteiger partial charge in [-0.15, -0.1) is 0 Å². The van der Waals surface area contributed by atoms with Gasteiger partial charge < -0.3 is 14.2 Å². The molecule has 6 heteroatoms. The number of carboxylic acids is 1. The Kier molecular flexibility index (Phi) is 6.71. The number of hydrogen-bond acceptors (Lipinski definition) is 4. The third kappa shape index (κ3) is 4.67. The highest BCUT2D eigenvalue weighted by Crippen LogP contribution is 2.61. The number of rotatable bonds is 8. The Labute approximate surface area is 147 Å². The maximum Gasteiger partial charge on any atom is 0.361 e. The maximum atomic E-state index is 13.4. The molecular weight excluding hydrogens is 339 g/mol. The highest BCUT2D eigenvalue weighted by molar-refractivity contribution is 7.65. The monoisotopic (exact) mass is 360 g/mol. The van der Waals surface area contributed by atoms with Crippen LogP contribution in [0.25, 0.3) is 11.4 Å². The van der Waals surface area contributed by atoms with Crippen molar-refractivity contribution in [3.05, 3.63) is 71.3 Å². The maximum absolute atomic E-state index is 13.4. The Hall–Kier alpha value is -2.20. The van der Waals surface area contributed by atoms with Crippen LogP contribution in [-0.2, 0) is 13.6 Å². The van der Waals surface area contributed by atoms with Gasteiger partial charge in [0, 0.05) is 5.56 Å². The van der Waals surface area contributed by atoms with E-state index in [1.807, 2.05) is 30.3 Å². The minimum atomic E-state index is -3.69. The summed E-state index contributed by atoms with van der Waals surface area (Å²) in [5.74, 6) is -1.10. The summed E-state index contributed by atoms with van der Waals surface area (Å²) in [5.41, 5.74) is 1.14. The zero-order valence-corrected chi connectivity index (χ0v) is 15.1. The third-order valence-electron chi connectivity index (χ3n) is 3.43. The molecule has 0 atom stereocenters. The largest absolute Gasteiger partial charge is 0.478 e. The Morgan fingerprint density at radius 2 is 1.48 bits per heavy atom. The molecule has 25 heavy (non-hydrogen) atoms. The van der Waals surface area contributed by atoms with Gasteiger partial charge in [0.1, 0.15) is 0 Å². The molecule has 5 nitrogen and oxygen atoms in total.